The fourth-order valence-electron chi connectivity index (χ4n) is 3.02. The third kappa shape index (κ3) is 3.18. The van der Waals surface area contributed by atoms with Crippen LogP contribution >= 0.6 is 0 Å². The van der Waals surface area contributed by atoms with Crippen molar-refractivity contribution in [1.29, 1.82) is 0 Å². The maximum Gasteiger partial charge on any atom is 0.0238 e. The number of hydrogen-bond acceptors (Lipinski definition) is 2. The molecule has 1 aliphatic heterocycles. The third-order valence-electron chi connectivity index (χ3n) is 4.78. The van der Waals surface area contributed by atoms with Crippen molar-refractivity contribution in [2.24, 2.45) is 0 Å². The van der Waals surface area contributed by atoms with Crippen LogP contribution in [0.15, 0.2) is 12.1 Å². The molecule has 2 rings (SSSR count). The fraction of sp³-hybridized carbons (Fsp3) is 0.647. The average molecular weight is 260 g/mol. The Balaban J connectivity index is 2.08. The SMILES string of the molecule is Cc1ccc(CN(C)C2CNC(C)(C)C2)c(C)c1C. The summed E-state index contributed by atoms with van der Waals surface area (Å²) in [6, 6.07) is 5.19. The first-order valence-electron chi connectivity index (χ1n) is 7.31. The second-order valence-corrected chi connectivity index (χ2v) is 6.83. The van der Waals surface area contributed by atoms with E-state index >= 15 is 0 Å². The van der Waals surface area contributed by atoms with Crippen LogP contribution in [0.1, 0.15) is 42.5 Å². The second-order valence-electron chi connectivity index (χ2n) is 6.83. The first-order valence-corrected chi connectivity index (χ1v) is 7.31. The molecular formula is C17H28N2. The van der Waals surface area contributed by atoms with E-state index in [0.717, 1.165) is 13.1 Å². The second kappa shape index (κ2) is 5.26. The van der Waals surface area contributed by atoms with Crippen molar-refractivity contribution < 1.29 is 0 Å². The van der Waals surface area contributed by atoms with Gasteiger partial charge in [0.2, 0.25) is 0 Å². The summed E-state index contributed by atoms with van der Waals surface area (Å²) in [6.45, 7) is 13.4. The van der Waals surface area contributed by atoms with Crippen molar-refractivity contribution in [2.75, 3.05) is 13.6 Å². The molecular weight excluding hydrogens is 232 g/mol. The van der Waals surface area contributed by atoms with Gasteiger partial charge < -0.3 is 5.32 Å². The first-order chi connectivity index (χ1) is 8.80. The fourth-order valence-corrected chi connectivity index (χ4v) is 3.02. The summed E-state index contributed by atoms with van der Waals surface area (Å²) in [6.07, 6.45) is 1.23. The zero-order chi connectivity index (χ0) is 14.2. The largest absolute Gasteiger partial charge is 0.310 e. The summed E-state index contributed by atoms with van der Waals surface area (Å²) in [5.41, 5.74) is 6.05. The lowest BCUT2D eigenvalue weighted by Gasteiger charge is -2.26. The van der Waals surface area contributed by atoms with Crippen LogP contribution in [0.25, 0.3) is 0 Å². The molecule has 2 heteroatoms. The summed E-state index contributed by atoms with van der Waals surface area (Å²) in [5.74, 6) is 0. The lowest BCUT2D eigenvalue weighted by atomic mass is 9.97. The minimum Gasteiger partial charge on any atom is -0.310 e. The Labute approximate surface area is 118 Å². The van der Waals surface area contributed by atoms with Crippen molar-refractivity contribution in [3.63, 3.8) is 0 Å². The molecule has 1 aromatic rings. The van der Waals surface area contributed by atoms with E-state index in [4.69, 9.17) is 0 Å². The van der Waals surface area contributed by atoms with Gasteiger partial charge in [0, 0.05) is 24.7 Å². The summed E-state index contributed by atoms with van der Waals surface area (Å²) in [5, 5.41) is 3.61. The van der Waals surface area contributed by atoms with Crippen LogP contribution in [-0.4, -0.2) is 30.1 Å². The number of benzene rings is 1. The summed E-state index contributed by atoms with van der Waals surface area (Å²) < 4.78 is 0. The molecule has 106 valence electrons. The number of aryl methyl sites for hydroxylation is 1. The highest BCUT2D eigenvalue weighted by atomic mass is 15.2. The van der Waals surface area contributed by atoms with Gasteiger partial charge >= 0.3 is 0 Å². The lowest BCUT2D eigenvalue weighted by molar-refractivity contribution is 0.240. The molecule has 19 heavy (non-hydrogen) atoms. The molecule has 0 saturated carbocycles. The van der Waals surface area contributed by atoms with Gasteiger partial charge in [-0.3, -0.25) is 4.90 Å². The maximum absolute atomic E-state index is 3.61. The molecule has 1 saturated heterocycles. The van der Waals surface area contributed by atoms with Gasteiger partial charge in [0.15, 0.2) is 0 Å². The predicted molar refractivity (Wildman–Crippen MR) is 82.6 cm³/mol. The number of nitrogens with zero attached hydrogens (tertiary/aromatic N) is 1. The molecule has 0 radical (unpaired) electrons. The van der Waals surface area contributed by atoms with E-state index < -0.39 is 0 Å². The summed E-state index contributed by atoms with van der Waals surface area (Å²) in [4.78, 5) is 2.50. The van der Waals surface area contributed by atoms with Gasteiger partial charge in [-0.25, -0.2) is 0 Å². The van der Waals surface area contributed by atoms with E-state index in [2.05, 4.69) is 64.0 Å². The van der Waals surface area contributed by atoms with E-state index in [1.165, 1.54) is 28.7 Å². The molecule has 2 nitrogen and oxygen atoms in total. The quantitative estimate of drug-likeness (QED) is 0.898. The van der Waals surface area contributed by atoms with E-state index in [1.807, 2.05) is 0 Å². The molecule has 0 spiro atoms. The van der Waals surface area contributed by atoms with Crippen molar-refractivity contribution in [2.45, 2.75) is 59.2 Å². The van der Waals surface area contributed by atoms with Gasteiger partial charge in [-0.1, -0.05) is 12.1 Å². The first kappa shape index (κ1) is 14.5. The Morgan fingerprint density at radius 3 is 2.47 bits per heavy atom. The Bertz CT molecular complexity index is 463. The van der Waals surface area contributed by atoms with Crippen LogP contribution in [0.2, 0.25) is 0 Å². The van der Waals surface area contributed by atoms with Gasteiger partial charge in [-0.15, -0.1) is 0 Å². The zero-order valence-electron chi connectivity index (χ0n) is 13.3. The van der Waals surface area contributed by atoms with Crippen LogP contribution in [0, 0.1) is 20.8 Å². The van der Waals surface area contributed by atoms with Gasteiger partial charge in [0.25, 0.3) is 0 Å². The molecule has 1 aromatic carbocycles. The average Bonchev–Trinajstić information content (AvgIpc) is 2.70. The van der Waals surface area contributed by atoms with Crippen LogP contribution in [0.3, 0.4) is 0 Å². The van der Waals surface area contributed by atoms with Gasteiger partial charge in [0.1, 0.15) is 0 Å². The minimum absolute atomic E-state index is 0.289. The van der Waals surface area contributed by atoms with Crippen molar-refractivity contribution in [1.82, 2.24) is 10.2 Å². The molecule has 1 aliphatic rings. The number of hydrogen-bond donors (Lipinski definition) is 1. The van der Waals surface area contributed by atoms with E-state index in [-0.39, 0.29) is 5.54 Å². The normalized spacial score (nSPS) is 22.2. The van der Waals surface area contributed by atoms with Gasteiger partial charge in [-0.05, 0) is 70.3 Å². The highest BCUT2D eigenvalue weighted by Crippen LogP contribution is 2.24. The molecule has 0 amide bonds. The van der Waals surface area contributed by atoms with Gasteiger partial charge in [0.05, 0.1) is 0 Å². The highest BCUT2D eigenvalue weighted by Gasteiger charge is 2.32. The smallest absolute Gasteiger partial charge is 0.0238 e. The Kier molecular flexibility index (Phi) is 4.03. The van der Waals surface area contributed by atoms with Crippen molar-refractivity contribution in [3.05, 3.63) is 34.4 Å². The number of likely N-dealkylation sites (N-methyl/N-ethyl adjacent to an activating group) is 1. The molecule has 1 fully saturated rings. The van der Waals surface area contributed by atoms with Crippen LogP contribution in [0.4, 0.5) is 0 Å². The molecule has 0 aromatic heterocycles. The van der Waals surface area contributed by atoms with Crippen LogP contribution in [0.5, 0.6) is 0 Å². The Morgan fingerprint density at radius 2 is 1.89 bits per heavy atom. The lowest BCUT2D eigenvalue weighted by Crippen LogP contribution is -2.33. The maximum atomic E-state index is 3.61. The Morgan fingerprint density at radius 1 is 1.21 bits per heavy atom. The predicted octanol–water partition coefficient (Wildman–Crippen LogP) is 3.18. The number of rotatable bonds is 3. The van der Waals surface area contributed by atoms with Crippen molar-refractivity contribution in [3.8, 4) is 0 Å². The molecule has 1 atom stereocenters. The van der Waals surface area contributed by atoms with Gasteiger partial charge in [-0.2, -0.15) is 0 Å². The molecule has 0 aliphatic carbocycles. The van der Waals surface area contributed by atoms with Crippen LogP contribution in [-0.2, 0) is 6.54 Å². The van der Waals surface area contributed by atoms with Crippen LogP contribution < -0.4 is 5.32 Å². The summed E-state index contributed by atoms with van der Waals surface area (Å²) >= 11 is 0. The van der Waals surface area contributed by atoms with Crippen molar-refractivity contribution >= 4 is 0 Å². The summed E-state index contributed by atoms with van der Waals surface area (Å²) in [7, 11) is 2.25. The molecule has 1 unspecified atom stereocenters. The molecule has 1 heterocycles. The highest BCUT2D eigenvalue weighted by molar-refractivity contribution is 5.38. The zero-order valence-corrected chi connectivity index (χ0v) is 13.3. The minimum atomic E-state index is 0.289. The topological polar surface area (TPSA) is 15.3 Å². The van der Waals surface area contributed by atoms with E-state index in [9.17, 15) is 0 Å². The van der Waals surface area contributed by atoms with E-state index in [1.54, 1.807) is 0 Å². The molecule has 0 bridgehead atoms. The van der Waals surface area contributed by atoms with E-state index in [0.29, 0.717) is 6.04 Å². The molecule has 1 N–H and O–H groups in total. The standard InChI is InChI=1S/C17H28N2/c1-12-7-8-15(14(3)13(12)2)11-19(6)16-9-17(4,5)18-10-16/h7-8,16,18H,9-11H2,1-6H3. The number of nitrogens with one attached hydrogen (secondary N) is 1. The third-order valence-corrected chi connectivity index (χ3v) is 4.78. The Hall–Kier alpha value is -0.860. The monoisotopic (exact) mass is 260 g/mol.